The van der Waals surface area contributed by atoms with Gasteiger partial charge in [-0.3, -0.25) is 9.20 Å². The van der Waals surface area contributed by atoms with Crippen LogP contribution in [0.25, 0.3) is 5.78 Å². The van der Waals surface area contributed by atoms with Crippen LogP contribution in [0, 0.1) is 12.3 Å². The molecule has 1 amide bonds. The third-order valence-corrected chi connectivity index (χ3v) is 5.61. The molecule has 0 aliphatic carbocycles. The van der Waals surface area contributed by atoms with E-state index in [-0.39, 0.29) is 5.91 Å². The molecule has 3 aromatic rings. The number of halogens is 3. The number of nitrogens with one attached hydrogen (secondary N) is 1. The minimum atomic E-state index is -4.42. The third kappa shape index (κ3) is 3.89. The number of aromatic nitrogens is 4. The van der Waals surface area contributed by atoms with Gasteiger partial charge in [0.15, 0.2) is 0 Å². The standard InChI is InChI=1S/C22H25F3N6O/c1-12(14-7-6-8-15(9-14)22(23,24)25)26-18-16-10-30(19(32)21(3,4)5)11-17(16)31-13(2)28-29-20(31)27-18/h6-9,12H,10-11H2,1-5H3,(H,26,27,29)/t12-/m1/s1. The van der Waals surface area contributed by atoms with Gasteiger partial charge in [-0.1, -0.05) is 32.9 Å². The summed E-state index contributed by atoms with van der Waals surface area (Å²) < 4.78 is 41.2. The van der Waals surface area contributed by atoms with Crippen molar-refractivity contribution < 1.29 is 18.0 Å². The molecule has 2 aromatic heterocycles. The molecule has 1 atom stereocenters. The molecule has 0 saturated carbocycles. The van der Waals surface area contributed by atoms with Crippen LogP contribution in [0.1, 0.15) is 61.9 Å². The molecule has 0 spiro atoms. The summed E-state index contributed by atoms with van der Waals surface area (Å²) in [6.07, 6.45) is -4.42. The Bertz CT molecular complexity index is 1190. The molecule has 10 heteroatoms. The molecule has 0 radical (unpaired) electrons. The Morgan fingerprint density at radius 2 is 1.88 bits per heavy atom. The number of benzene rings is 1. The first kappa shape index (κ1) is 22.0. The fraction of sp³-hybridized carbons (Fsp3) is 0.455. The Labute approximate surface area is 183 Å². The molecule has 32 heavy (non-hydrogen) atoms. The number of nitrogens with zero attached hydrogens (tertiary/aromatic N) is 5. The van der Waals surface area contributed by atoms with Crippen LogP contribution in [0.15, 0.2) is 24.3 Å². The summed E-state index contributed by atoms with van der Waals surface area (Å²) in [5.41, 5.74) is 0.905. The molecule has 0 saturated heterocycles. The van der Waals surface area contributed by atoms with Crippen LogP contribution in [0.5, 0.6) is 0 Å². The zero-order chi connectivity index (χ0) is 23.4. The Morgan fingerprint density at radius 1 is 1.16 bits per heavy atom. The monoisotopic (exact) mass is 446 g/mol. The van der Waals surface area contributed by atoms with Crippen molar-refractivity contribution in [3.63, 3.8) is 0 Å². The number of carbonyl (C=O) groups is 1. The molecule has 1 N–H and O–H groups in total. The maximum Gasteiger partial charge on any atom is 0.416 e. The van der Waals surface area contributed by atoms with Crippen LogP contribution in [0.3, 0.4) is 0 Å². The zero-order valence-electron chi connectivity index (χ0n) is 18.6. The largest absolute Gasteiger partial charge is 0.416 e. The summed E-state index contributed by atoms with van der Waals surface area (Å²) in [6, 6.07) is 4.76. The summed E-state index contributed by atoms with van der Waals surface area (Å²) in [5.74, 6) is 1.54. The van der Waals surface area contributed by atoms with Crippen molar-refractivity contribution in [2.45, 2.75) is 59.9 Å². The van der Waals surface area contributed by atoms with Crippen molar-refractivity contribution >= 4 is 17.5 Å². The van der Waals surface area contributed by atoms with Crippen LogP contribution in [0.4, 0.5) is 19.0 Å². The molecule has 4 rings (SSSR count). The van der Waals surface area contributed by atoms with Crippen LogP contribution in [0.2, 0.25) is 0 Å². The Hall–Kier alpha value is -3.17. The van der Waals surface area contributed by atoms with Crippen molar-refractivity contribution in [1.29, 1.82) is 0 Å². The van der Waals surface area contributed by atoms with E-state index in [4.69, 9.17) is 0 Å². The van der Waals surface area contributed by atoms with Crippen molar-refractivity contribution in [1.82, 2.24) is 24.5 Å². The summed E-state index contributed by atoms with van der Waals surface area (Å²) in [7, 11) is 0. The number of anilines is 1. The number of amides is 1. The minimum Gasteiger partial charge on any atom is -0.363 e. The SMILES string of the molecule is Cc1nnc2nc(N[C@H](C)c3cccc(C(F)(F)F)c3)c3c(n12)CN(C(=O)C(C)(C)C)C3. The number of fused-ring (bicyclic) bond motifs is 3. The molecule has 1 aliphatic heterocycles. The summed E-state index contributed by atoms with van der Waals surface area (Å²) in [6.45, 7) is 9.92. The number of rotatable bonds is 3. The van der Waals surface area contributed by atoms with E-state index in [1.54, 1.807) is 17.9 Å². The van der Waals surface area contributed by atoms with E-state index in [1.807, 2.05) is 32.1 Å². The lowest BCUT2D eigenvalue weighted by molar-refractivity contribution is -0.140. The summed E-state index contributed by atoms with van der Waals surface area (Å²) >= 11 is 0. The maximum absolute atomic E-state index is 13.1. The molecule has 7 nitrogen and oxygen atoms in total. The lowest BCUT2D eigenvalue weighted by atomic mass is 9.95. The summed E-state index contributed by atoms with van der Waals surface area (Å²) in [5, 5.41) is 11.5. The molecule has 1 aromatic carbocycles. The summed E-state index contributed by atoms with van der Waals surface area (Å²) in [4.78, 5) is 19.3. The third-order valence-electron chi connectivity index (χ3n) is 5.61. The Morgan fingerprint density at radius 3 is 2.53 bits per heavy atom. The van der Waals surface area contributed by atoms with Gasteiger partial charge < -0.3 is 10.2 Å². The highest BCUT2D eigenvalue weighted by molar-refractivity contribution is 5.82. The normalized spacial score (nSPS) is 15.2. The lowest BCUT2D eigenvalue weighted by Crippen LogP contribution is -2.35. The van der Waals surface area contributed by atoms with Gasteiger partial charge >= 0.3 is 6.18 Å². The molecule has 3 heterocycles. The number of hydrogen-bond donors (Lipinski definition) is 1. The molecule has 0 unspecified atom stereocenters. The smallest absolute Gasteiger partial charge is 0.363 e. The van der Waals surface area contributed by atoms with Gasteiger partial charge in [-0.25, -0.2) is 0 Å². The average molecular weight is 446 g/mol. The fourth-order valence-electron chi connectivity index (χ4n) is 3.95. The van der Waals surface area contributed by atoms with Crippen LogP contribution in [-0.2, 0) is 24.1 Å². The molecule has 1 aliphatic rings. The van der Waals surface area contributed by atoms with E-state index in [1.165, 1.54) is 6.07 Å². The van der Waals surface area contributed by atoms with Crippen molar-refractivity contribution in [2.24, 2.45) is 5.41 Å². The lowest BCUT2D eigenvalue weighted by Gasteiger charge is -2.25. The van der Waals surface area contributed by atoms with Gasteiger partial charge in [0.25, 0.3) is 5.78 Å². The van der Waals surface area contributed by atoms with Crippen molar-refractivity contribution in [3.05, 3.63) is 52.5 Å². The van der Waals surface area contributed by atoms with E-state index < -0.39 is 23.2 Å². The van der Waals surface area contributed by atoms with Gasteiger partial charge in [0.1, 0.15) is 11.6 Å². The highest BCUT2D eigenvalue weighted by Gasteiger charge is 2.35. The first-order valence-electron chi connectivity index (χ1n) is 10.3. The number of carbonyl (C=O) groups excluding carboxylic acids is 1. The number of aryl methyl sites for hydroxylation is 1. The molecule has 170 valence electrons. The number of hydrogen-bond acceptors (Lipinski definition) is 5. The minimum absolute atomic E-state index is 0.00412. The van der Waals surface area contributed by atoms with Gasteiger partial charge in [-0.2, -0.15) is 18.2 Å². The van der Waals surface area contributed by atoms with Crippen LogP contribution >= 0.6 is 0 Å². The van der Waals surface area contributed by atoms with Gasteiger partial charge in [0.05, 0.1) is 24.3 Å². The molecular weight excluding hydrogens is 421 g/mol. The van der Waals surface area contributed by atoms with Gasteiger partial charge in [-0.15, -0.1) is 10.2 Å². The van der Waals surface area contributed by atoms with Crippen molar-refractivity contribution in [3.8, 4) is 0 Å². The van der Waals surface area contributed by atoms with Gasteiger partial charge in [0, 0.05) is 17.0 Å². The second-order valence-electron chi connectivity index (χ2n) is 9.17. The van der Waals surface area contributed by atoms with E-state index >= 15 is 0 Å². The predicted octanol–water partition coefficient (Wildman–Crippen LogP) is 4.51. The van der Waals surface area contributed by atoms with E-state index in [2.05, 4.69) is 20.5 Å². The van der Waals surface area contributed by atoms with Gasteiger partial charge in [0.2, 0.25) is 5.91 Å². The maximum atomic E-state index is 13.1. The number of alkyl halides is 3. The first-order chi connectivity index (χ1) is 14.9. The van der Waals surface area contributed by atoms with Crippen LogP contribution < -0.4 is 5.32 Å². The topological polar surface area (TPSA) is 75.4 Å². The van der Waals surface area contributed by atoms with E-state index in [9.17, 15) is 18.0 Å². The van der Waals surface area contributed by atoms with Crippen LogP contribution in [-0.4, -0.2) is 30.4 Å². The first-order valence-corrected chi connectivity index (χ1v) is 10.3. The fourth-order valence-corrected chi connectivity index (χ4v) is 3.95. The highest BCUT2D eigenvalue weighted by Crippen LogP contribution is 2.35. The Kier molecular flexibility index (Phi) is 5.14. The highest BCUT2D eigenvalue weighted by atomic mass is 19.4. The van der Waals surface area contributed by atoms with Gasteiger partial charge in [-0.05, 0) is 31.5 Å². The average Bonchev–Trinajstić information content (AvgIpc) is 3.30. The Balaban J connectivity index is 1.72. The van der Waals surface area contributed by atoms with E-state index in [0.29, 0.717) is 36.1 Å². The quantitative estimate of drug-likeness (QED) is 0.641. The predicted molar refractivity (Wildman–Crippen MR) is 113 cm³/mol. The second kappa shape index (κ2) is 7.46. The molecular formula is C22H25F3N6O. The molecule has 0 fully saturated rings. The second-order valence-corrected chi connectivity index (χ2v) is 9.17. The zero-order valence-corrected chi connectivity index (χ0v) is 18.6. The van der Waals surface area contributed by atoms with Crippen molar-refractivity contribution in [2.75, 3.05) is 5.32 Å². The van der Waals surface area contributed by atoms with E-state index in [0.717, 1.165) is 23.4 Å². The molecule has 0 bridgehead atoms.